The van der Waals surface area contributed by atoms with E-state index in [1.807, 2.05) is 11.8 Å². The van der Waals surface area contributed by atoms with Gasteiger partial charge in [-0.15, -0.1) is 0 Å². The standard InChI is InChI=1S/C19H28N4O4S/c1-15-6-8-17(9-7-15)28(26,27)23-12-10-22(11-13-23)14-18(24)21-19(25)20-16-4-2-3-5-16/h6-9,16H,2-5,10-14H2,1H3,(H2,20,21,24,25). The Kier molecular flexibility index (Phi) is 6.69. The van der Waals surface area contributed by atoms with Crippen molar-refractivity contribution in [2.45, 2.75) is 43.5 Å². The number of benzene rings is 1. The van der Waals surface area contributed by atoms with Crippen molar-refractivity contribution in [2.24, 2.45) is 0 Å². The fraction of sp³-hybridized carbons (Fsp3) is 0.579. The number of piperazine rings is 1. The minimum absolute atomic E-state index is 0.0799. The molecule has 2 fully saturated rings. The van der Waals surface area contributed by atoms with Crippen LogP contribution in [0, 0.1) is 6.92 Å². The first-order valence-corrected chi connectivity index (χ1v) is 11.2. The summed E-state index contributed by atoms with van der Waals surface area (Å²) in [5.74, 6) is -0.370. The number of nitrogens with zero attached hydrogens (tertiary/aromatic N) is 2. The number of carbonyl (C=O) groups is 2. The van der Waals surface area contributed by atoms with Crippen molar-refractivity contribution in [3.8, 4) is 0 Å². The van der Waals surface area contributed by atoms with Crippen molar-refractivity contribution in [2.75, 3.05) is 32.7 Å². The summed E-state index contributed by atoms with van der Waals surface area (Å²) in [5, 5.41) is 5.18. The van der Waals surface area contributed by atoms with Crippen LogP contribution in [0.25, 0.3) is 0 Å². The fourth-order valence-corrected chi connectivity index (χ4v) is 5.07. The Morgan fingerprint density at radius 2 is 1.64 bits per heavy atom. The van der Waals surface area contributed by atoms with E-state index in [4.69, 9.17) is 0 Å². The SMILES string of the molecule is Cc1ccc(S(=O)(=O)N2CCN(CC(=O)NC(=O)NC3CCCC3)CC2)cc1. The number of rotatable bonds is 5. The summed E-state index contributed by atoms with van der Waals surface area (Å²) >= 11 is 0. The number of nitrogens with one attached hydrogen (secondary N) is 2. The molecule has 1 saturated carbocycles. The largest absolute Gasteiger partial charge is 0.335 e. The van der Waals surface area contributed by atoms with Crippen LogP contribution in [0.1, 0.15) is 31.2 Å². The minimum Gasteiger partial charge on any atom is -0.335 e. The molecule has 1 aliphatic heterocycles. The van der Waals surface area contributed by atoms with Gasteiger partial charge in [-0.1, -0.05) is 30.5 Å². The van der Waals surface area contributed by atoms with Crippen LogP contribution in [0.4, 0.5) is 4.79 Å². The van der Waals surface area contributed by atoms with E-state index in [1.165, 1.54) is 4.31 Å². The maximum absolute atomic E-state index is 12.7. The topological polar surface area (TPSA) is 98.8 Å². The van der Waals surface area contributed by atoms with Crippen molar-refractivity contribution in [1.82, 2.24) is 19.8 Å². The molecule has 0 radical (unpaired) electrons. The molecule has 1 heterocycles. The smallest absolute Gasteiger partial charge is 0.321 e. The minimum atomic E-state index is -3.52. The van der Waals surface area contributed by atoms with Crippen LogP contribution in [0.2, 0.25) is 0 Å². The summed E-state index contributed by atoms with van der Waals surface area (Å²) in [6.45, 7) is 3.52. The summed E-state index contributed by atoms with van der Waals surface area (Å²) in [5.41, 5.74) is 1.01. The lowest BCUT2D eigenvalue weighted by atomic mass is 10.2. The second-order valence-electron chi connectivity index (χ2n) is 7.50. The van der Waals surface area contributed by atoms with Gasteiger partial charge in [-0.3, -0.25) is 15.0 Å². The van der Waals surface area contributed by atoms with E-state index in [9.17, 15) is 18.0 Å². The van der Waals surface area contributed by atoms with Crippen LogP contribution in [0.5, 0.6) is 0 Å². The van der Waals surface area contributed by atoms with E-state index in [0.29, 0.717) is 26.2 Å². The van der Waals surface area contributed by atoms with Gasteiger partial charge in [0.15, 0.2) is 0 Å². The van der Waals surface area contributed by atoms with E-state index in [1.54, 1.807) is 24.3 Å². The first-order valence-electron chi connectivity index (χ1n) is 9.74. The number of carbonyl (C=O) groups excluding carboxylic acids is 2. The monoisotopic (exact) mass is 408 g/mol. The molecule has 28 heavy (non-hydrogen) atoms. The summed E-state index contributed by atoms with van der Waals surface area (Å²) in [6, 6.07) is 6.51. The van der Waals surface area contributed by atoms with Crippen LogP contribution < -0.4 is 10.6 Å². The van der Waals surface area contributed by atoms with Gasteiger partial charge in [-0.25, -0.2) is 13.2 Å². The maximum atomic E-state index is 12.7. The number of hydrogen-bond acceptors (Lipinski definition) is 5. The van der Waals surface area contributed by atoms with E-state index in [2.05, 4.69) is 10.6 Å². The van der Waals surface area contributed by atoms with Gasteiger partial charge >= 0.3 is 6.03 Å². The second kappa shape index (κ2) is 9.02. The van der Waals surface area contributed by atoms with Crippen LogP contribution in [0.3, 0.4) is 0 Å². The molecule has 1 saturated heterocycles. The molecule has 8 nitrogen and oxygen atoms in total. The Labute approximate surface area is 166 Å². The van der Waals surface area contributed by atoms with Gasteiger partial charge in [-0.05, 0) is 31.9 Å². The van der Waals surface area contributed by atoms with E-state index < -0.39 is 16.1 Å². The zero-order valence-electron chi connectivity index (χ0n) is 16.2. The predicted molar refractivity (Wildman–Crippen MR) is 105 cm³/mol. The average Bonchev–Trinajstić information content (AvgIpc) is 3.15. The van der Waals surface area contributed by atoms with Gasteiger partial charge in [0.2, 0.25) is 15.9 Å². The molecule has 2 aliphatic rings. The lowest BCUT2D eigenvalue weighted by molar-refractivity contribution is -0.121. The summed E-state index contributed by atoms with van der Waals surface area (Å²) < 4.78 is 26.9. The molecule has 0 aromatic heterocycles. The highest BCUT2D eigenvalue weighted by molar-refractivity contribution is 7.89. The zero-order chi connectivity index (χ0) is 20.1. The third-order valence-electron chi connectivity index (χ3n) is 5.30. The molecule has 2 N–H and O–H groups in total. The highest BCUT2D eigenvalue weighted by atomic mass is 32.2. The molecule has 3 rings (SSSR count). The van der Waals surface area contributed by atoms with Crippen molar-refractivity contribution in [3.63, 3.8) is 0 Å². The number of aryl methyl sites for hydroxylation is 1. The van der Waals surface area contributed by atoms with Gasteiger partial charge in [-0.2, -0.15) is 4.31 Å². The lowest BCUT2D eigenvalue weighted by Crippen LogP contribution is -2.52. The second-order valence-corrected chi connectivity index (χ2v) is 9.43. The van der Waals surface area contributed by atoms with Crippen LogP contribution in [0.15, 0.2) is 29.2 Å². The van der Waals surface area contributed by atoms with Crippen molar-refractivity contribution in [3.05, 3.63) is 29.8 Å². The molecule has 9 heteroatoms. The Morgan fingerprint density at radius 1 is 1.04 bits per heavy atom. The van der Waals surface area contributed by atoms with Crippen LogP contribution in [-0.2, 0) is 14.8 Å². The molecule has 1 aromatic rings. The van der Waals surface area contributed by atoms with Crippen LogP contribution in [-0.4, -0.2) is 68.3 Å². The highest BCUT2D eigenvalue weighted by Crippen LogP contribution is 2.18. The zero-order valence-corrected chi connectivity index (χ0v) is 17.0. The number of imide groups is 1. The van der Waals surface area contributed by atoms with Gasteiger partial charge in [0, 0.05) is 32.2 Å². The maximum Gasteiger partial charge on any atom is 0.321 e. The Bertz CT molecular complexity index is 796. The summed E-state index contributed by atoms with van der Waals surface area (Å²) in [4.78, 5) is 26.1. The highest BCUT2D eigenvalue weighted by Gasteiger charge is 2.29. The quantitative estimate of drug-likeness (QED) is 0.759. The molecule has 0 spiro atoms. The van der Waals surface area contributed by atoms with Gasteiger partial charge in [0.25, 0.3) is 0 Å². The number of urea groups is 1. The fourth-order valence-electron chi connectivity index (χ4n) is 3.65. The van der Waals surface area contributed by atoms with Crippen molar-refractivity contribution >= 4 is 22.0 Å². The van der Waals surface area contributed by atoms with Crippen molar-refractivity contribution < 1.29 is 18.0 Å². The molecule has 1 aliphatic carbocycles. The molecular formula is C19H28N4O4S. The third-order valence-corrected chi connectivity index (χ3v) is 7.21. The lowest BCUT2D eigenvalue weighted by Gasteiger charge is -2.33. The molecular weight excluding hydrogens is 380 g/mol. The number of sulfonamides is 1. The Balaban J connectivity index is 1.45. The Morgan fingerprint density at radius 3 is 2.25 bits per heavy atom. The molecule has 1 aromatic carbocycles. The first-order chi connectivity index (χ1) is 13.3. The van der Waals surface area contributed by atoms with Gasteiger partial charge in [0.05, 0.1) is 11.4 Å². The van der Waals surface area contributed by atoms with E-state index >= 15 is 0 Å². The summed E-state index contributed by atoms with van der Waals surface area (Å²) in [7, 11) is -3.52. The molecule has 154 valence electrons. The van der Waals surface area contributed by atoms with E-state index in [0.717, 1.165) is 31.2 Å². The average molecular weight is 409 g/mol. The van der Waals surface area contributed by atoms with Crippen molar-refractivity contribution in [1.29, 1.82) is 0 Å². The molecule has 0 unspecified atom stereocenters. The van der Waals surface area contributed by atoms with Gasteiger partial charge < -0.3 is 5.32 Å². The first kappa shape index (κ1) is 20.8. The Hall–Kier alpha value is -1.97. The molecule has 3 amide bonds. The number of hydrogen-bond donors (Lipinski definition) is 2. The molecule has 0 bridgehead atoms. The van der Waals surface area contributed by atoms with E-state index in [-0.39, 0.29) is 23.4 Å². The molecule has 0 atom stereocenters. The normalized spacial score (nSPS) is 19.5. The predicted octanol–water partition coefficient (Wildman–Crippen LogP) is 1.07. The van der Waals surface area contributed by atoms with Crippen LogP contribution >= 0.6 is 0 Å². The number of amides is 3. The third kappa shape index (κ3) is 5.30. The summed E-state index contributed by atoms with van der Waals surface area (Å²) in [6.07, 6.45) is 4.13. The van der Waals surface area contributed by atoms with Gasteiger partial charge in [0.1, 0.15) is 0 Å².